The first kappa shape index (κ1) is 13.1. The lowest BCUT2D eigenvalue weighted by atomic mass is 10.1. The lowest BCUT2D eigenvalue weighted by molar-refractivity contribution is 0.101. The van der Waals surface area contributed by atoms with Crippen LogP contribution in [-0.2, 0) is 0 Å². The fourth-order valence-electron chi connectivity index (χ4n) is 2.16. The summed E-state index contributed by atoms with van der Waals surface area (Å²) in [5.74, 6) is -0.274. The molecule has 0 radical (unpaired) electrons. The number of aromatic amines is 1. The van der Waals surface area contributed by atoms with E-state index in [-0.39, 0.29) is 11.7 Å². The van der Waals surface area contributed by atoms with Gasteiger partial charge in [0.1, 0.15) is 0 Å². The highest BCUT2D eigenvalue weighted by molar-refractivity contribution is 6.08. The summed E-state index contributed by atoms with van der Waals surface area (Å²) in [7, 11) is 0. The van der Waals surface area contributed by atoms with Crippen LogP contribution in [0.3, 0.4) is 0 Å². The van der Waals surface area contributed by atoms with Gasteiger partial charge >= 0.3 is 0 Å². The van der Waals surface area contributed by atoms with Crippen molar-refractivity contribution in [3.8, 4) is 0 Å². The highest BCUT2D eigenvalue weighted by Gasteiger charge is 2.19. The van der Waals surface area contributed by atoms with Gasteiger partial charge in [0.15, 0.2) is 5.78 Å². The van der Waals surface area contributed by atoms with Crippen LogP contribution in [0.25, 0.3) is 0 Å². The molecule has 1 heterocycles. The van der Waals surface area contributed by atoms with Crippen LogP contribution in [0.1, 0.15) is 39.0 Å². The van der Waals surface area contributed by atoms with Gasteiger partial charge in [0, 0.05) is 18.3 Å². The number of amides is 1. The molecule has 0 fully saturated rings. The van der Waals surface area contributed by atoms with Gasteiger partial charge in [-0.2, -0.15) is 0 Å². The molecule has 1 amide bonds. The van der Waals surface area contributed by atoms with E-state index in [9.17, 15) is 9.59 Å². The van der Waals surface area contributed by atoms with Crippen LogP contribution in [0.5, 0.6) is 0 Å². The molecule has 2 N–H and O–H groups in total. The van der Waals surface area contributed by atoms with E-state index in [4.69, 9.17) is 0 Å². The number of nitrogens with one attached hydrogen (secondary N) is 2. The summed E-state index contributed by atoms with van der Waals surface area (Å²) in [5, 5.41) is 2.82. The molecule has 0 spiro atoms. The number of carbonyl (C=O) groups is 2. The van der Waals surface area contributed by atoms with E-state index < -0.39 is 0 Å². The zero-order chi connectivity index (χ0) is 14.0. The molecule has 2 aromatic rings. The molecule has 4 heteroatoms. The maximum absolute atomic E-state index is 12.2. The SMILES string of the molecule is CC(=O)c1[nH]c(C)c(C(=O)Nc2ccccc2)c1C. The zero-order valence-electron chi connectivity index (χ0n) is 11.2. The van der Waals surface area contributed by atoms with Gasteiger partial charge in [-0.15, -0.1) is 0 Å². The molecule has 4 nitrogen and oxygen atoms in total. The molecule has 1 aromatic carbocycles. The van der Waals surface area contributed by atoms with Crippen molar-refractivity contribution in [2.24, 2.45) is 0 Å². The number of rotatable bonds is 3. The molecule has 0 atom stereocenters. The Morgan fingerprint density at radius 3 is 2.26 bits per heavy atom. The summed E-state index contributed by atoms with van der Waals surface area (Å²) in [5.41, 5.74) is 3.16. The standard InChI is InChI=1S/C15H16N2O2/c1-9-13(10(2)16-14(9)11(3)18)15(19)17-12-7-5-4-6-8-12/h4-8,16H,1-3H3,(H,17,19). The van der Waals surface area contributed by atoms with Crippen LogP contribution in [0.4, 0.5) is 5.69 Å². The van der Waals surface area contributed by atoms with Gasteiger partial charge in [-0.05, 0) is 31.5 Å². The molecular formula is C15H16N2O2. The quantitative estimate of drug-likeness (QED) is 0.829. The minimum absolute atomic E-state index is 0.0700. The van der Waals surface area contributed by atoms with Crippen LogP contribution >= 0.6 is 0 Å². The topological polar surface area (TPSA) is 62.0 Å². The number of para-hydroxylation sites is 1. The van der Waals surface area contributed by atoms with Crippen LogP contribution in [0.15, 0.2) is 30.3 Å². The normalized spacial score (nSPS) is 10.3. The van der Waals surface area contributed by atoms with Gasteiger partial charge in [-0.1, -0.05) is 18.2 Å². The maximum Gasteiger partial charge on any atom is 0.257 e. The third kappa shape index (κ3) is 2.57. The molecule has 19 heavy (non-hydrogen) atoms. The van der Waals surface area contributed by atoms with E-state index in [2.05, 4.69) is 10.3 Å². The Morgan fingerprint density at radius 2 is 1.74 bits per heavy atom. The van der Waals surface area contributed by atoms with Crippen molar-refractivity contribution in [2.45, 2.75) is 20.8 Å². The second-order valence-corrected chi connectivity index (χ2v) is 4.50. The van der Waals surface area contributed by atoms with Crippen molar-refractivity contribution in [3.05, 3.63) is 52.8 Å². The van der Waals surface area contributed by atoms with Gasteiger partial charge in [-0.3, -0.25) is 9.59 Å². The zero-order valence-corrected chi connectivity index (χ0v) is 11.2. The summed E-state index contributed by atoms with van der Waals surface area (Å²) in [4.78, 5) is 26.7. The Labute approximate surface area is 111 Å². The van der Waals surface area contributed by atoms with Crippen LogP contribution in [-0.4, -0.2) is 16.7 Å². The molecule has 0 aliphatic heterocycles. The third-order valence-electron chi connectivity index (χ3n) is 3.05. The summed E-state index contributed by atoms with van der Waals surface area (Å²) >= 11 is 0. The Kier molecular flexibility index (Phi) is 3.51. The molecule has 0 aliphatic rings. The average Bonchev–Trinajstić information content (AvgIpc) is 2.66. The average molecular weight is 256 g/mol. The predicted octanol–water partition coefficient (Wildman–Crippen LogP) is 3.09. The molecule has 0 aliphatic carbocycles. The first-order valence-electron chi connectivity index (χ1n) is 6.07. The number of aryl methyl sites for hydroxylation is 1. The Balaban J connectivity index is 2.32. The van der Waals surface area contributed by atoms with E-state index in [0.29, 0.717) is 22.5 Å². The lowest BCUT2D eigenvalue weighted by Crippen LogP contribution is -2.13. The Bertz CT molecular complexity index is 627. The fourth-order valence-corrected chi connectivity index (χ4v) is 2.16. The van der Waals surface area contributed by atoms with E-state index in [0.717, 1.165) is 5.69 Å². The van der Waals surface area contributed by atoms with Crippen molar-refractivity contribution >= 4 is 17.4 Å². The number of hydrogen-bond donors (Lipinski definition) is 2. The van der Waals surface area contributed by atoms with Crippen LogP contribution < -0.4 is 5.32 Å². The number of Topliss-reactive ketones (excluding diaryl/α,β-unsaturated/α-hetero) is 1. The maximum atomic E-state index is 12.2. The van der Waals surface area contributed by atoms with E-state index in [1.807, 2.05) is 30.3 Å². The Morgan fingerprint density at radius 1 is 1.11 bits per heavy atom. The third-order valence-corrected chi connectivity index (χ3v) is 3.05. The smallest absolute Gasteiger partial charge is 0.257 e. The molecule has 0 saturated heterocycles. The number of anilines is 1. The second kappa shape index (κ2) is 5.10. The first-order chi connectivity index (χ1) is 9.00. The molecule has 0 bridgehead atoms. The second-order valence-electron chi connectivity index (χ2n) is 4.50. The predicted molar refractivity (Wildman–Crippen MR) is 74.7 cm³/mol. The highest BCUT2D eigenvalue weighted by atomic mass is 16.1. The van der Waals surface area contributed by atoms with Crippen molar-refractivity contribution in [1.82, 2.24) is 4.98 Å². The molecule has 2 rings (SSSR count). The number of ketones is 1. The first-order valence-corrected chi connectivity index (χ1v) is 6.07. The number of hydrogen-bond acceptors (Lipinski definition) is 2. The summed E-state index contributed by atoms with van der Waals surface area (Å²) < 4.78 is 0. The molecular weight excluding hydrogens is 240 g/mol. The van der Waals surface area contributed by atoms with Gasteiger partial charge in [0.2, 0.25) is 0 Å². The van der Waals surface area contributed by atoms with E-state index in [1.54, 1.807) is 13.8 Å². The highest BCUT2D eigenvalue weighted by Crippen LogP contribution is 2.20. The number of H-pyrrole nitrogens is 1. The summed E-state index contributed by atoms with van der Waals surface area (Å²) in [6, 6.07) is 9.24. The fraction of sp³-hybridized carbons (Fsp3) is 0.200. The minimum atomic E-state index is -0.204. The summed E-state index contributed by atoms with van der Waals surface area (Å²) in [6.45, 7) is 5.05. The molecule has 98 valence electrons. The van der Waals surface area contributed by atoms with Crippen molar-refractivity contribution < 1.29 is 9.59 Å². The monoisotopic (exact) mass is 256 g/mol. The van der Waals surface area contributed by atoms with Gasteiger partial charge in [-0.25, -0.2) is 0 Å². The number of aromatic nitrogens is 1. The summed E-state index contributed by atoms with van der Waals surface area (Å²) in [6.07, 6.45) is 0. The van der Waals surface area contributed by atoms with Gasteiger partial charge in [0.25, 0.3) is 5.91 Å². The molecule has 1 aromatic heterocycles. The molecule has 0 saturated carbocycles. The number of carbonyl (C=O) groups excluding carboxylic acids is 2. The van der Waals surface area contributed by atoms with Crippen molar-refractivity contribution in [1.29, 1.82) is 0 Å². The number of benzene rings is 1. The van der Waals surface area contributed by atoms with E-state index >= 15 is 0 Å². The van der Waals surface area contributed by atoms with Crippen LogP contribution in [0.2, 0.25) is 0 Å². The van der Waals surface area contributed by atoms with Crippen molar-refractivity contribution in [3.63, 3.8) is 0 Å². The largest absolute Gasteiger partial charge is 0.355 e. The van der Waals surface area contributed by atoms with Crippen LogP contribution in [0, 0.1) is 13.8 Å². The van der Waals surface area contributed by atoms with Crippen molar-refractivity contribution in [2.75, 3.05) is 5.32 Å². The van der Waals surface area contributed by atoms with Gasteiger partial charge < -0.3 is 10.3 Å². The van der Waals surface area contributed by atoms with E-state index in [1.165, 1.54) is 6.92 Å². The lowest BCUT2D eigenvalue weighted by Gasteiger charge is -2.05. The molecule has 0 unspecified atom stereocenters. The van der Waals surface area contributed by atoms with Gasteiger partial charge in [0.05, 0.1) is 11.3 Å². The Hall–Kier alpha value is -2.36. The minimum Gasteiger partial charge on any atom is -0.355 e.